The molecule has 166 valence electrons. The Bertz CT molecular complexity index is 1050. The highest BCUT2D eigenvalue weighted by Crippen LogP contribution is 2.23. The number of hydrogen-bond donors (Lipinski definition) is 1. The van der Waals surface area contributed by atoms with E-state index in [9.17, 15) is 22.4 Å². The summed E-state index contributed by atoms with van der Waals surface area (Å²) in [6, 6.07) is 9.85. The average Bonchev–Trinajstić information content (AvgIpc) is 2.76. The number of carbonyl (C=O) groups is 2. The van der Waals surface area contributed by atoms with Crippen molar-refractivity contribution in [3.63, 3.8) is 0 Å². The zero-order valence-corrected chi connectivity index (χ0v) is 17.8. The summed E-state index contributed by atoms with van der Waals surface area (Å²) in [5.74, 6) is -1.65. The quantitative estimate of drug-likeness (QED) is 0.647. The van der Waals surface area contributed by atoms with Crippen molar-refractivity contribution in [1.82, 2.24) is 4.31 Å². The van der Waals surface area contributed by atoms with Gasteiger partial charge in [0.25, 0.3) is 5.91 Å². The molecular weight excluding hydrogens is 427 g/mol. The average molecular weight is 450 g/mol. The molecule has 0 aliphatic carbocycles. The molecule has 2 aromatic rings. The number of nitrogens with zero attached hydrogens (tertiary/aromatic N) is 1. The molecule has 3 rings (SSSR count). The second-order valence-electron chi connectivity index (χ2n) is 7.01. The zero-order chi connectivity index (χ0) is 22.4. The van der Waals surface area contributed by atoms with E-state index < -0.39 is 34.3 Å². The fourth-order valence-electron chi connectivity index (χ4n) is 2.98. The molecule has 0 radical (unpaired) electrons. The van der Waals surface area contributed by atoms with Gasteiger partial charge in [0, 0.05) is 18.8 Å². The van der Waals surface area contributed by atoms with E-state index in [0.29, 0.717) is 30.0 Å². The number of esters is 1. The Labute approximate surface area is 180 Å². The Morgan fingerprint density at radius 2 is 1.81 bits per heavy atom. The predicted molar refractivity (Wildman–Crippen MR) is 110 cm³/mol. The minimum absolute atomic E-state index is 0.0589. The highest BCUT2D eigenvalue weighted by Gasteiger charge is 2.27. The number of nitrogens with one attached hydrogen (secondary N) is 1. The van der Waals surface area contributed by atoms with Gasteiger partial charge in [0.05, 0.1) is 24.5 Å². The van der Waals surface area contributed by atoms with Crippen LogP contribution >= 0.6 is 0 Å². The van der Waals surface area contributed by atoms with E-state index in [1.165, 1.54) is 40.7 Å². The molecule has 0 bridgehead atoms. The van der Waals surface area contributed by atoms with Crippen LogP contribution in [0, 0.1) is 12.7 Å². The number of aryl methyl sites for hydroxylation is 1. The normalized spacial score (nSPS) is 14.8. The second kappa shape index (κ2) is 9.99. The van der Waals surface area contributed by atoms with Gasteiger partial charge in [-0.1, -0.05) is 18.2 Å². The molecule has 0 unspecified atom stereocenters. The molecule has 8 nitrogen and oxygen atoms in total. The minimum Gasteiger partial charge on any atom is -0.455 e. The smallest absolute Gasteiger partial charge is 0.310 e. The third-order valence-corrected chi connectivity index (χ3v) is 6.61. The van der Waals surface area contributed by atoms with E-state index >= 15 is 0 Å². The molecule has 1 aliphatic rings. The van der Waals surface area contributed by atoms with Crippen LogP contribution < -0.4 is 5.32 Å². The van der Waals surface area contributed by atoms with Gasteiger partial charge in [0.15, 0.2) is 6.61 Å². The topological polar surface area (TPSA) is 102 Å². The van der Waals surface area contributed by atoms with Gasteiger partial charge in [-0.3, -0.25) is 9.59 Å². The number of benzene rings is 2. The predicted octanol–water partition coefficient (Wildman–Crippen LogP) is 1.88. The molecule has 0 saturated carbocycles. The summed E-state index contributed by atoms with van der Waals surface area (Å²) in [6.45, 7) is 2.39. The zero-order valence-electron chi connectivity index (χ0n) is 17.0. The molecule has 31 heavy (non-hydrogen) atoms. The lowest BCUT2D eigenvalue weighted by Crippen LogP contribution is -2.40. The number of amides is 1. The molecular formula is C21H23FN2O6S. The molecule has 1 fully saturated rings. The van der Waals surface area contributed by atoms with Crippen molar-refractivity contribution in [2.75, 3.05) is 38.2 Å². The lowest BCUT2D eigenvalue weighted by atomic mass is 10.1. The van der Waals surface area contributed by atoms with Gasteiger partial charge in [-0.15, -0.1) is 0 Å². The van der Waals surface area contributed by atoms with Crippen LogP contribution in [0.1, 0.15) is 11.1 Å². The molecule has 1 N–H and O–H groups in total. The van der Waals surface area contributed by atoms with Gasteiger partial charge >= 0.3 is 5.97 Å². The fourth-order valence-corrected chi connectivity index (χ4v) is 4.42. The van der Waals surface area contributed by atoms with E-state index in [2.05, 4.69) is 5.32 Å². The van der Waals surface area contributed by atoms with Crippen LogP contribution in [0.4, 0.5) is 10.1 Å². The summed E-state index contributed by atoms with van der Waals surface area (Å²) in [7, 11) is -3.71. The van der Waals surface area contributed by atoms with Crippen molar-refractivity contribution >= 4 is 27.6 Å². The third-order valence-electron chi connectivity index (χ3n) is 4.72. The minimum atomic E-state index is -3.71. The first kappa shape index (κ1) is 22.9. The van der Waals surface area contributed by atoms with Crippen molar-refractivity contribution in [2.24, 2.45) is 0 Å². The molecule has 2 aromatic carbocycles. The first-order valence-corrected chi connectivity index (χ1v) is 11.1. The molecule has 0 atom stereocenters. The van der Waals surface area contributed by atoms with E-state index in [-0.39, 0.29) is 24.4 Å². The van der Waals surface area contributed by atoms with Gasteiger partial charge in [-0.25, -0.2) is 12.8 Å². The number of hydrogen-bond acceptors (Lipinski definition) is 6. The van der Waals surface area contributed by atoms with Crippen LogP contribution in [0.15, 0.2) is 47.4 Å². The summed E-state index contributed by atoms with van der Waals surface area (Å²) < 4.78 is 50.0. The van der Waals surface area contributed by atoms with Crippen LogP contribution in [0.2, 0.25) is 0 Å². The van der Waals surface area contributed by atoms with E-state index in [0.717, 1.165) is 0 Å². The highest BCUT2D eigenvalue weighted by molar-refractivity contribution is 7.89. The number of rotatable bonds is 7. The fraction of sp³-hybridized carbons (Fsp3) is 0.333. The highest BCUT2D eigenvalue weighted by atomic mass is 32.2. The second-order valence-corrected chi connectivity index (χ2v) is 8.94. The summed E-state index contributed by atoms with van der Waals surface area (Å²) >= 11 is 0. The van der Waals surface area contributed by atoms with Crippen LogP contribution in [0.25, 0.3) is 0 Å². The van der Waals surface area contributed by atoms with Crippen molar-refractivity contribution in [3.05, 3.63) is 59.4 Å². The lowest BCUT2D eigenvalue weighted by molar-refractivity contribution is -0.146. The first-order valence-electron chi connectivity index (χ1n) is 9.64. The van der Waals surface area contributed by atoms with Crippen molar-refractivity contribution < 1.29 is 31.9 Å². The van der Waals surface area contributed by atoms with Crippen molar-refractivity contribution in [2.45, 2.75) is 18.2 Å². The van der Waals surface area contributed by atoms with Gasteiger partial charge < -0.3 is 14.8 Å². The Balaban J connectivity index is 1.59. The lowest BCUT2D eigenvalue weighted by Gasteiger charge is -2.26. The first-order chi connectivity index (χ1) is 14.8. The largest absolute Gasteiger partial charge is 0.455 e. The van der Waals surface area contributed by atoms with Crippen molar-refractivity contribution in [1.29, 1.82) is 0 Å². The van der Waals surface area contributed by atoms with Gasteiger partial charge in [-0.2, -0.15) is 4.31 Å². The summed E-state index contributed by atoms with van der Waals surface area (Å²) in [6.07, 6.45) is -0.0974. The van der Waals surface area contributed by atoms with Gasteiger partial charge in [-0.05, 0) is 42.3 Å². The van der Waals surface area contributed by atoms with Crippen LogP contribution in [-0.2, 0) is 35.5 Å². The van der Waals surface area contributed by atoms with Crippen LogP contribution in [0.5, 0.6) is 0 Å². The molecule has 10 heteroatoms. The van der Waals surface area contributed by atoms with Gasteiger partial charge in [0.2, 0.25) is 10.0 Å². The maximum absolute atomic E-state index is 12.9. The molecule has 1 aliphatic heterocycles. The Morgan fingerprint density at radius 1 is 1.13 bits per heavy atom. The monoisotopic (exact) mass is 450 g/mol. The maximum Gasteiger partial charge on any atom is 0.310 e. The summed E-state index contributed by atoms with van der Waals surface area (Å²) in [5.41, 5.74) is 1.53. The van der Waals surface area contributed by atoms with Crippen LogP contribution in [0.3, 0.4) is 0 Å². The number of anilines is 1. The number of ether oxygens (including phenoxy) is 2. The standard InChI is InChI=1S/C21H23FN2O6S/c1-15-2-7-18(31(27,28)24-8-10-29-11-9-24)13-19(15)23-20(25)14-30-21(26)12-16-3-5-17(22)6-4-16/h2-7,13H,8-12,14H2,1H3,(H,23,25). The third kappa shape index (κ3) is 6.09. The molecule has 0 aromatic heterocycles. The number of morpholine rings is 1. The van der Waals surface area contributed by atoms with E-state index in [4.69, 9.17) is 9.47 Å². The van der Waals surface area contributed by atoms with Gasteiger partial charge in [0.1, 0.15) is 5.82 Å². The van der Waals surface area contributed by atoms with Crippen LogP contribution in [-0.4, -0.2) is 57.5 Å². The van der Waals surface area contributed by atoms with E-state index in [1.54, 1.807) is 13.0 Å². The van der Waals surface area contributed by atoms with E-state index in [1.807, 2.05) is 0 Å². The summed E-state index contributed by atoms with van der Waals surface area (Å²) in [5, 5.41) is 2.58. The molecule has 1 saturated heterocycles. The maximum atomic E-state index is 12.9. The number of halogens is 1. The molecule has 1 amide bonds. The SMILES string of the molecule is Cc1ccc(S(=O)(=O)N2CCOCC2)cc1NC(=O)COC(=O)Cc1ccc(F)cc1. The number of carbonyl (C=O) groups excluding carboxylic acids is 2. The Hall–Kier alpha value is -2.82. The Kier molecular flexibility index (Phi) is 7.37. The summed E-state index contributed by atoms with van der Waals surface area (Å²) in [4.78, 5) is 24.2. The number of sulfonamides is 1. The Morgan fingerprint density at radius 3 is 2.48 bits per heavy atom. The molecule has 0 spiro atoms. The van der Waals surface area contributed by atoms with Crippen molar-refractivity contribution in [3.8, 4) is 0 Å². The molecule has 1 heterocycles.